The second kappa shape index (κ2) is 6.39. The SMILES string of the molecule is O=C1CCC2=C(CCN(C(=O)c3cn[nH]c3C3CCCCN3)C2)N1. The molecule has 0 saturated carbocycles. The molecular weight excluding hydrogens is 306 g/mol. The second-order valence-electron chi connectivity index (χ2n) is 6.81. The molecule has 3 aliphatic heterocycles. The van der Waals surface area contributed by atoms with Gasteiger partial charge in [-0.3, -0.25) is 14.7 Å². The summed E-state index contributed by atoms with van der Waals surface area (Å²) in [5.41, 5.74) is 3.81. The summed E-state index contributed by atoms with van der Waals surface area (Å²) in [6, 6.07) is 0.189. The van der Waals surface area contributed by atoms with E-state index in [4.69, 9.17) is 0 Å². The minimum atomic E-state index is 0.0366. The van der Waals surface area contributed by atoms with Crippen molar-refractivity contribution in [2.75, 3.05) is 19.6 Å². The summed E-state index contributed by atoms with van der Waals surface area (Å²) in [4.78, 5) is 26.4. The summed E-state index contributed by atoms with van der Waals surface area (Å²) in [6.07, 6.45) is 7.04. The molecule has 1 unspecified atom stereocenters. The van der Waals surface area contributed by atoms with Crippen LogP contribution < -0.4 is 10.6 Å². The van der Waals surface area contributed by atoms with Gasteiger partial charge in [0, 0.05) is 37.7 Å². The molecule has 4 rings (SSSR count). The lowest BCUT2D eigenvalue weighted by Crippen LogP contribution is -2.42. The Labute approximate surface area is 140 Å². The number of H-pyrrole nitrogens is 1. The average molecular weight is 329 g/mol. The summed E-state index contributed by atoms with van der Waals surface area (Å²) in [6.45, 7) is 2.23. The van der Waals surface area contributed by atoms with Gasteiger partial charge in [0.05, 0.1) is 17.5 Å². The van der Waals surface area contributed by atoms with Crippen LogP contribution in [-0.4, -0.2) is 46.5 Å². The van der Waals surface area contributed by atoms with Crippen LogP contribution in [0.5, 0.6) is 0 Å². The maximum absolute atomic E-state index is 13.0. The minimum Gasteiger partial charge on any atom is -0.334 e. The summed E-state index contributed by atoms with van der Waals surface area (Å²) in [5.74, 6) is 0.128. The Morgan fingerprint density at radius 1 is 1.25 bits per heavy atom. The molecule has 0 aromatic carbocycles. The fourth-order valence-corrected chi connectivity index (χ4v) is 3.88. The van der Waals surface area contributed by atoms with Gasteiger partial charge in [0.25, 0.3) is 5.91 Å². The van der Waals surface area contributed by atoms with Crippen LogP contribution in [-0.2, 0) is 4.79 Å². The van der Waals surface area contributed by atoms with E-state index in [1.165, 1.54) is 18.4 Å². The van der Waals surface area contributed by atoms with Crippen LogP contribution in [0.25, 0.3) is 0 Å². The van der Waals surface area contributed by atoms with Crippen molar-refractivity contribution in [1.29, 1.82) is 0 Å². The molecule has 24 heavy (non-hydrogen) atoms. The minimum absolute atomic E-state index is 0.0366. The van der Waals surface area contributed by atoms with E-state index in [-0.39, 0.29) is 17.9 Å². The number of amides is 2. The summed E-state index contributed by atoms with van der Waals surface area (Å²) in [7, 11) is 0. The fourth-order valence-electron chi connectivity index (χ4n) is 3.88. The highest BCUT2D eigenvalue weighted by atomic mass is 16.2. The molecule has 1 saturated heterocycles. The van der Waals surface area contributed by atoms with E-state index < -0.39 is 0 Å². The molecule has 7 nitrogen and oxygen atoms in total. The van der Waals surface area contributed by atoms with Crippen molar-refractivity contribution >= 4 is 11.8 Å². The number of carbonyl (C=O) groups is 2. The first-order valence-corrected chi connectivity index (χ1v) is 8.79. The van der Waals surface area contributed by atoms with Gasteiger partial charge in [-0.25, -0.2) is 0 Å². The van der Waals surface area contributed by atoms with Gasteiger partial charge in [-0.15, -0.1) is 0 Å². The monoisotopic (exact) mass is 329 g/mol. The van der Waals surface area contributed by atoms with Gasteiger partial charge in [0.2, 0.25) is 5.91 Å². The van der Waals surface area contributed by atoms with E-state index in [0.29, 0.717) is 25.1 Å². The van der Waals surface area contributed by atoms with Crippen LogP contribution in [0, 0.1) is 0 Å². The fraction of sp³-hybridized carbons (Fsp3) is 0.588. The third kappa shape index (κ3) is 2.84. The largest absolute Gasteiger partial charge is 0.334 e. The summed E-state index contributed by atoms with van der Waals surface area (Å²) >= 11 is 0. The topological polar surface area (TPSA) is 90.1 Å². The first-order valence-electron chi connectivity index (χ1n) is 8.79. The Kier molecular flexibility index (Phi) is 4.10. The third-order valence-corrected chi connectivity index (χ3v) is 5.23. The van der Waals surface area contributed by atoms with Gasteiger partial charge in [-0.1, -0.05) is 6.42 Å². The zero-order valence-electron chi connectivity index (χ0n) is 13.7. The van der Waals surface area contributed by atoms with Crippen molar-refractivity contribution in [3.8, 4) is 0 Å². The average Bonchev–Trinajstić information content (AvgIpc) is 3.11. The van der Waals surface area contributed by atoms with Crippen molar-refractivity contribution in [2.45, 2.75) is 44.6 Å². The number of nitrogens with zero attached hydrogens (tertiary/aromatic N) is 2. The highest BCUT2D eigenvalue weighted by molar-refractivity contribution is 5.95. The predicted octanol–water partition coefficient (Wildman–Crippen LogP) is 1.23. The number of aromatic nitrogens is 2. The number of nitrogens with one attached hydrogen (secondary N) is 3. The van der Waals surface area contributed by atoms with Crippen molar-refractivity contribution in [2.24, 2.45) is 0 Å². The van der Waals surface area contributed by atoms with E-state index >= 15 is 0 Å². The second-order valence-corrected chi connectivity index (χ2v) is 6.81. The molecule has 3 aliphatic rings. The van der Waals surface area contributed by atoms with E-state index in [0.717, 1.165) is 37.2 Å². The molecule has 1 atom stereocenters. The predicted molar refractivity (Wildman–Crippen MR) is 88.1 cm³/mol. The molecule has 2 amide bonds. The Hall–Kier alpha value is -2.15. The van der Waals surface area contributed by atoms with Crippen molar-refractivity contribution in [1.82, 2.24) is 25.7 Å². The van der Waals surface area contributed by atoms with E-state index in [1.807, 2.05) is 4.90 Å². The number of rotatable bonds is 2. The third-order valence-electron chi connectivity index (χ3n) is 5.23. The molecule has 3 N–H and O–H groups in total. The molecule has 7 heteroatoms. The zero-order chi connectivity index (χ0) is 16.5. The highest BCUT2D eigenvalue weighted by Crippen LogP contribution is 2.28. The number of hydrogen-bond acceptors (Lipinski definition) is 4. The normalized spacial score (nSPS) is 24.6. The lowest BCUT2D eigenvalue weighted by Gasteiger charge is -2.33. The van der Waals surface area contributed by atoms with Crippen molar-refractivity contribution < 1.29 is 9.59 Å². The van der Waals surface area contributed by atoms with Crippen LogP contribution >= 0.6 is 0 Å². The van der Waals surface area contributed by atoms with Gasteiger partial charge in [-0.2, -0.15) is 5.10 Å². The first kappa shape index (κ1) is 15.4. The van der Waals surface area contributed by atoms with E-state index in [9.17, 15) is 9.59 Å². The molecule has 128 valence electrons. The molecule has 1 fully saturated rings. The standard InChI is InChI=1S/C17H23N5O2/c23-15-5-4-11-10-22(8-6-13(11)20-15)17(24)12-9-19-21-16(12)14-3-1-2-7-18-14/h9,14,18H,1-8,10H2,(H,19,21)(H,20,23). The van der Waals surface area contributed by atoms with Gasteiger partial charge in [-0.05, 0) is 31.4 Å². The smallest absolute Gasteiger partial charge is 0.257 e. The Morgan fingerprint density at radius 3 is 3.00 bits per heavy atom. The molecule has 0 radical (unpaired) electrons. The summed E-state index contributed by atoms with van der Waals surface area (Å²) in [5, 5.41) is 13.6. The number of hydrogen-bond donors (Lipinski definition) is 3. The van der Waals surface area contributed by atoms with Crippen LogP contribution in [0.4, 0.5) is 0 Å². The van der Waals surface area contributed by atoms with E-state index in [2.05, 4.69) is 20.8 Å². The molecule has 0 bridgehead atoms. The summed E-state index contributed by atoms with van der Waals surface area (Å²) < 4.78 is 0. The van der Waals surface area contributed by atoms with Crippen molar-refractivity contribution in [3.05, 3.63) is 28.7 Å². The van der Waals surface area contributed by atoms with Crippen LogP contribution in [0.3, 0.4) is 0 Å². The maximum Gasteiger partial charge on any atom is 0.257 e. The Morgan fingerprint density at radius 2 is 2.17 bits per heavy atom. The van der Waals surface area contributed by atoms with Crippen LogP contribution in [0.2, 0.25) is 0 Å². The number of carbonyl (C=O) groups excluding carboxylic acids is 2. The maximum atomic E-state index is 13.0. The molecule has 1 aromatic heterocycles. The molecule has 0 spiro atoms. The Balaban J connectivity index is 1.51. The van der Waals surface area contributed by atoms with Gasteiger partial charge >= 0.3 is 0 Å². The lowest BCUT2D eigenvalue weighted by molar-refractivity contribution is -0.120. The van der Waals surface area contributed by atoms with Gasteiger partial charge < -0.3 is 15.5 Å². The molecular formula is C17H23N5O2. The molecule has 1 aromatic rings. The molecule has 0 aliphatic carbocycles. The quantitative estimate of drug-likeness (QED) is 0.761. The van der Waals surface area contributed by atoms with Crippen LogP contribution in [0.1, 0.15) is 60.6 Å². The zero-order valence-corrected chi connectivity index (χ0v) is 13.7. The first-order chi connectivity index (χ1) is 11.7. The van der Waals surface area contributed by atoms with Crippen LogP contribution in [0.15, 0.2) is 17.5 Å². The number of aromatic amines is 1. The lowest BCUT2D eigenvalue weighted by atomic mass is 9.96. The van der Waals surface area contributed by atoms with E-state index in [1.54, 1.807) is 6.20 Å². The highest BCUT2D eigenvalue weighted by Gasteiger charge is 2.30. The Bertz CT molecular complexity index is 687. The molecule has 4 heterocycles. The van der Waals surface area contributed by atoms with Gasteiger partial charge in [0.15, 0.2) is 0 Å². The van der Waals surface area contributed by atoms with Crippen molar-refractivity contribution in [3.63, 3.8) is 0 Å². The number of piperidine rings is 1. The van der Waals surface area contributed by atoms with Gasteiger partial charge in [0.1, 0.15) is 0 Å².